The highest BCUT2D eigenvalue weighted by molar-refractivity contribution is 6.10. The predicted octanol–water partition coefficient (Wildman–Crippen LogP) is 13.1. The zero-order valence-electron chi connectivity index (χ0n) is 27.8. The molecule has 1 aromatic heterocycles. The fourth-order valence-electron chi connectivity index (χ4n) is 9.00. The van der Waals surface area contributed by atoms with E-state index >= 15 is 0 Å². The van der Waals surface area contributed by atoms with Crippen LogP contribution in [-0.4, -0.2) is 0 Å². The van der Waals surface area contributed by atoms with Crippen LogP contribution in [0, 0.1) is 0 Å². The van der Waals surface area contributed by atoms with Crippen LogP contribution in [0.2, 0.25) is 0 Å². The number of para-hydroxylation sites is 2. The van der Waals surface area contributed by atoms with Gasteiger partial charge in [0.15, 0.2) is 5.58 Å². The average molecular weight is 650 g/mol. The number of fused-ring (bicyclic) bond motifs is 13. The Morgan fingerprint density at radius 2 is 0.902 bits per heavy atom. The van der Waals surface area contributed by atoms with Gasteiger partial charge in [0.1, 0.15) is 5.58 Å². The van der Waals surface area contributed by atoms with Crippen molar-refractivity contribution in [1.29, 1.82) is 0 Å². The maximum absolute atomic E-state index is 6.66. The van der Waals surface area contributed by atoms with E-state index in [9.17, 15) is 0 Å². The van der Waals surface area contributed by atoms with E-state index in [1.54, 1.807) is 0 Å². The molecule has 8 aromatic carbocycles. The lowest BCUT2D eigenvalue weighted by molar-refractivity contribution is 0.669. The van der Waals surface area contributed by atoms with Crippen molar-refractivity contribution in [3.63, 3.8) is 0 Å². The van der Waals surface area contributed by atoms with Crippen LogP contribution < -0.4 is 4.90 Å². The van der Waals surface area contributed by atoms with Crippen molar-refractivity contribution in [3.05, 3.63) is 210 Å². The quantitative estimate of drug-likeness (QED) is 0.189. The standard InChI is InChI=1S/C49H31NO/c1-2-13-32(14-3-1)33-25-27-34(28-26-33)50(46-23-12-19-40-39-18-7-11-24-47(39)51-48(40)46)35-29-30-45-41(31-35)38-17-6-10-22-44(38)49(45)42-20-8-4-15-36(42)37-16-5-9-21-43(37)49/h1-31H. The van der Waals surface area contributed by atoms with Gasteiger partial charge < -0.3 is 9.32 Å². The highest BCUT2D eigenvalue weighted by atomic mass is 16.3. The second-order valence-electron chi connectivity index (χ2n) is 13.6. The van der Waals surface area contributed by atoms with Crippen molar-refractivity contribution in [1.82, 2.24) is 0 Å². The molecule has 0 bridgehead atoms. The Hall–Kier alpha value is -6.64. The van der Waals surface area contributed by atoms with Gasteiger partial charge in [0.2, 0.25) is 0 Å². The maximum Gasteiger partial charge on any atom is 0.159 e. The van der Waals surface area contributed by atoms with Gasteiger partial charge in [-0.1, -0.05) is 152 Å². The fraction of sp³-hybridized carbons (Fsp3) is 0.0204. The van der Waals surface area contributed by atoms with Gasteiger partial charge >= 0.3 is 0 Å². The molecule has 0 amide bonds. The molecule has 238 valence electrons. The van der Waals surface area contributed by atoms with Crippen LogP contribution >= 0.6 is 0 Å². The molecule has 1 spiro atoms. The Labute approximate surface area is 296 Å². The molecule has 2 heteroatoms. The van der Waals surface area contributed by atoms with E-state index in [-0.39, 0.29) is 5.41 Å². The summed E-state index contributed by atoms with van der Waals surface area (Å²) >= 11 is 0. The summed E-state index contributed by atoms with van der Waals surface area (Å²) in [6.45, 7) is 0. The van der Waals surface area contributed by atoms with Crippen molar-refractivity contribution >= 4 is 39.0 Å². The minimum atomic E-state index is -0.376. The zero-order valence-corrected chi connectivity index (χ0v) is 27.8. The number of hydrogen-bond acceptors (Lipinski definition) is 2. The van der Waals surface area contributed by atoms with E-state index in [2.05, 4.69) is 187 Å². The number of furan rings is 1. The Balaban J connectivity index is 1.16. The van der Waals surface area contributed by atoms with E-state index in [4.69, 9.17) is 4.42 Å². The van der Waals surface area contributed by atoms with Crippen LogP contribution in [0.3, 0.4) is 0 Å². The van der Waals surface area contributed by atoms with Crippen molar-refractivity contribution in [2.75, 3.05) is 4.90 Å². The van der Waals surface area contributed by atoms with Gasteiger partial charge in [0.05, 0.1) is 11.1 Å². The van der Waals surface area contributed by atoms with E-state index in [1.807, 2.05) is 6.07 Å². The summed E-state index contributed by atoms with van der Waals surface area (Å²) in [4.78, 5) is 2.36. The van der Waals surface area contributed by atoms with E-state index in [0.717, 1.165) is 39.0 Å². The van der Waals surface area contributed by atoms with Gasteiger partial charge in [-0.25, -0.2) is 0 Å². The van der Waals surface area contributed by atoms with Crippen LogP contribution in [0.4, 0.5) is 17.1 Å². The number of hydrogen-bond donors (Lipinski definition) is 0. The first-order chi connectivity index (χ1) is 25.3. The third-order valence-corrected chi connectivity index (χ3v) is 11.1. The number of nitrogens with zero attached hydrogens (tertiary/aromatic N) is 1. The first kappa shape index (κ1) is 28.2. The van der Waals surface area contributed by atoms with Gasteiger partial charge in [-0.2, -0.15) is 0 Å². The predicted molar refractivity (Wildman–Crippen MR) is 210 cm³/mol. The highest BCUT2D eigenvalue weighted by Crippen LogP contribution is 2.63. The molecule has 0 N–H and O–H groups in total. The van der Waals surface area contributed by atoms with Gasteiger partial charge in [-0.05, 0) is 92.0 Å². The summed E-state index contributed by atoms with van der Waals surface area (Å²) in [5.74, 6) is 0. The third-order valence-electron chi connectivity index (χ3n) is 11.1. The first-order valence-corrected chi connectivity index (χ1v) is 17.6. The summed E-state index contributed by atoms with van der Waals surface area (Å²) < 4.78 is 6.66. The minimum absolute atomic E-state index is 0.376. The molecule has 0 aliphatic heterocycles. The smallest absolute Gasteiger partial charge is 0.159 e. The molecule has 51 heavy (non-hydrogen) atoms. The number of anilines is 3. The van der Waals surface area contributed by atoms with Gasteiger partial charge in [0, 0.05) is 22.1 Å². The Kier molecular flexibility index (Phi) is 5.91. The van der Waals surface area contributed by atoms with E-state index in [0.29, 0.717) is 0 Å². The van der Waals surface area contributed by atoms with Crippen molar-refractivity contribution in [2.45, 2.75) is 5.41 Å². The Morgan fingerprint density at radius 3 is 1.61 bits per heavy atom. The summed E-state index contributed by atoms with van der Waals surface area (Å²) in [7, 11) is 0. The molecule has 2 nitrogen and oxygen atoms in total. The highest BCUT2D eigenvalue weighted by Gasteiger charge is 2.51. The van der Waals surface area contributed by atoms with Gasteiger partial charge in [0.25, 0.3) is 0 Å². The molecule has 2 aliphatic carbocycles. The summed E-state index contributed by atoms with van der Waals surface area (Å²) in [5, 5.41) is 2.23. The maximum atomic E-state index is 6.66. The van der Waals surface area contributed by atoms with Crippen LogP contribution in [0.5, 0.6) is 0 Å². The fourth-order valence-corrected chi connectivity index (χ4v) is 9.00. The lowest BCUT2D eigenvalue weighted by Gasteiger charge is -2.31. The monoisotopic (exact) mass is 649 g/mol. The second kappa shape index (κ2) is 10.7. The third kappa shape index (κ3) is 3.87. The molecule has 0 fully saturated rings. The van der Waals surface area contributed by atoms with E-state index in [1.165, 1.54) is 55.6 Å². The zero-order chi connectivity index (χ0) is 33.5. The molecule has 1 heterocycles. The lowest BCUT2D eigenvalue weighted by atomic mass is 9.70. The molecule has 2 aliphatic rings. The van der Waals surface area contributed by atoms with Crippen LogP contribution in [0.15, 0.2) is 192 Å². The van der Waals surface area contributed by atoms with Crippen LogP contribution in [0.1, 0.15) is 22.3 Å². The first-order valence-electron chi connectivity index (χ1n) is 17.6. The molecule has 0 atom stereocenters. The second-order valence-corrected chi connectivity index (χ2v) is 13.6. The molecule has 0 saturated carbocycles. The molecule has 0 unspecified atom stereocenters. The lowest BCUT2D eigenvalue weighted by Crippen LogP contribution is -2.25. The Morgan fingerprint density at radius 1 is 0.373 bits per heavy atom. The normalized spacial score (nSPS) is 13.3. The molecular formula is C49H31NO. The van der Waals surface area contributed by atoms with E-state index < -0.39 is 0 Å². The summed E-state index contributed by atoms with van der Waals surface area (Å²) in [5.41, 5.74) is 17.5. The largest absolute Gasteiger partial charge is 0.454 e. The van der Waals surface area contributed by atoms with Crippen molar-refractivity contribution in [2.24, 2.45) is 0 Å². The summed E-state index contributed by atoms with van der Waals surface area (Å²) in [6.07, 6.45) is 0. The van der Waals surface area contributed by atoms with Crippen molar-refractivity contribution in [3.8, 4) is 33.4 Å². The molecule has 9 aromatic rings. The Bertz CT molecular complexity index is 2760. The minimum Gasteiger partial charge on any atom is -0.454 e. The molecule has 11 rings (SSSR count). The molecular weight excluding hydrogens is 619 g/mol. The van der Waals surface area contributed by atoms with Crippen molar-refractivity contribution < 1.29 is 4.42 Å². The number of rotatable bonds is 4. The topological polar surface area (TPSA) is 16.4 Å². The average Bonchev–Trinajstić information content (AvgIpc) is 3.83. The summed E-state index contributed by atoms with van der Waals surface area (Å²) in [6, 6.07) is 68.3. The SMILES string of the molecule is c1ccc(-c2ccc(N(c3ccc4c(c3)-c3ccccc3C43c4ccccc4-c4ccccc43)c3cccc4c3oc3ccccc34)cc2)cc1. The van der Waals surface area contributed by atoms with Gasteiger partial charge in [-0.3, -0.25) is 0 Å². The number of benzene rings is 8. The molecule has 0 radical (unpaired) electrons. The molecule has 0 saturated heterocycles. The van der Waals surface area contributed by atoms with Gasteiger partial charge in [-0.15, -0.1) is 0 Å². The van der Waals surface area contributed by atoms with Crippen LogP contribution in [-0.2, 0) is 5.41 Å². The van der Waals surface area contributed by atoms with Crippen LogP contribution in [0.25, 0.3) is 55.3 Å².